The maximum atomic E-state index is 14.5. The molecule has 208 valence electrons. The zero-order valence-electron chi connectivity index (χ0n) is 24.6. The Morgan fingerprint density at radius 3 is 1.97 bits per heavy atom. The number of alkyl halides is 2. The minimum atomic E-state index is -3.07. The second kappa shape index (κ2) is 17.3. The van der Waals surface area contributed by atoms with Crippen LogP contribution in [0.25, 0.3) is 22.9 Å². The first kappa shape index (κ1) is 34.8. The third-order valence-corrected chi connectivity index (χ3v) is 5.43. The third-order valence-electron chi connectivity index (χ3n) is 5.43. The van der Waals surface area contributed by atoms with Crippen LogP contribution in [0.3, 0.4) is 0 Å². The fourth-order valence-corrected chi connectivity index (χ4v) is 3.93. The monoisotopic (exact) mass is 523 g/mol. The van der Waals surface area contributed by atoms with Gasteiger partial charge in [-0.15, -0.1) is 0 Å². The fourth-order valence-electron chi connectivity index (χ4n) is 3.93. The summed E-state index contributed by atoms with van der Waals surface area (Å²) >= 11 is 0. The maximum Gasteiger partial charge on any atom is 0.272 e. The van der Waals surface area contributed by atoms with Gasteiger partial charge >= 0.3 is 0 Å². The molecule has 0 amide bonds. The molecule has 3 aromatic rings. The number of fused-ring (bicyclic) bond motifs is 1. The van der Waals surface area contributed by atoms with Crippen molar-refractivity contribution < 1.29 is 13.9 Å². The molecule has 0 aromatic heterocycles. The number of rotatable bonds is 8. The SMILES string of the molecule is C=Cc1c(CN(c2ccc(C)cc2C(C)(F)F)C(O)C=C)cc2ccccc2c1C=C.CC.CC.CCC. The van der Waals surface area contributed by atoms with Crippen molar-refractivity contribution in [3.8, 4) is 0 Å². The van der Waals surface area contributed by atoms with Crippen LogP contribution in [0.5, 0.6) is 0 Å². The zero-order valence-corrected chi connectivity index (χ0v) is 24.6. The van der Waals surface area contributed by atoms with Gasteiger partial charge in [-0.05, 0) is 58.7 Å². The lowest BCUT2D eigenvalue weighted by Crippen LogP contribution is -2.35. The highest BCUT2D eigenvalue weighted by molar-refractivity contribution is 5.95. The summed E-state index contributed by atoms with van der Waals surface area (Å²) in [7, 11) is 0. The Bertz CT molecular complexity index is 1160. The summed E-state index contributed by atoms with van der Waals surface area (Å²) in [6.45, 7) is 26.6. The summed E-state index contributed by atoms with van der Waals surface area (Å²) in [4.78, 5) is 1.53. The van der Waals surface area contributed by atoms with Gasteiger partial charge in [0.2, 0.25) is 0 Å². The minimum Gasteiger partial charge on any atom is -0.370 e. The first-order valence-corrected chi connectivity index (χ1v) is 13.5. The third kappa shape index (κ3) is 8.95. The Morgan fingerprint density at radius 2 is 1.47 bits per heavy atom. The summed E-state index contributed by atoms with van der Waals surface area (Å²) < 4.78 is 28.9. The molecule has 1 N–H and O–H groups in total. The highest BCUT2D eigenvalue weighted by Crippen LogP contribution is 2.38. The van der Waals surface area contributed by atoms with Gasteiger partial charge in [0.15, 0.2) is 0 Å². The highest BCUT2D eigenvalue weighted by Gasteiger charge is 2.31. The van der Waals surface area contributed by atoms with E-state index in [0.29, 0.717) is 0 Å². The van der Waals surface area contributed by atoms with E-state index < -0.39 is 12.2 Å². The first-order valence-electron chi connectivity index (χ1n) is 13.5. The van der Waals surface area contributed by atoms with E-state index in [2.05, 4.69) is 33.6 Å². The molecule has 0 fully saturated rings. The Balaban J connectivity index is 0.00000179. The number of nitrogens with zero attached hydrogens (tertiary/aromatic N) is 1. The van der Waals surface area contributed by atoms with Crippen LogP contribution in [0.15, 0.2) is 74.3 Å². The molecular weight excluding hydrogens is 476 g/mol. The van der Waals surface area contributed by atoms with Gasteiger partial charge in [0, 0.05) is 24.7 Å². The smallest absolute Gasteiger partial charge is 0.272 e. The standard InChI is InChI=1S/C27H27F2NO.C3H8.2C2H6/c1-6-21-20(16-19-11-9-10-12-23(19)22(21)7-2)17-30(26(31)8-3)25-14-13-18(4)15-24(25)27(5,28)29;1-3-2;2*1-2/h6-16,26,31H,1-3,17H2,4-5H3;3H2,1-2H3;2*1-2H3. The van der Waals surface area contributed by atoms with Crippen LogP contribution in [0.4, 0.5) is 14.5 Å². The van der Waals surface area contributed by atoms with Gasteiger partial charge in [0.25, 0.3) is 5.92 Å². The van der Waals surface area contributed by atoms with Crippen molar-refractivity contribution in [3.63, 3.8) is 0 Å². The normalized spacial score (nSPS) is 10.9. The average molecular weight is 524 g/mol. The van der Waals surface area contributed by atoms with Crippen molar-refractivity contribution in [2.45, 2.75) is 80.5 Å². The van der Waals surface area contributed by atoms with Gasteiger partial charge in [-0.25, -0.2) is 8.78 Å². The summed E-state index contributed by atoms with van der Waals surface area (Å²) in [6, 6.07) is 14.7. The maximum absolute atomic E-state index is 14.5. The summed E-state index contributed by atoms with van der Waals surface area (Å²) in [6.07, 6.45) is 4.94. The van der Waals surface area contributed by atoms with E-state index in [1.165, 1.54) is 23.5 Å². The van der Waals surface area contributed by atoms with Crippen molar-refractivity contribution in [2.75, 3.05) is 4.90 Å². The number of aliphatic hydroxyl groups excluding tert-OH is 1. The van der Waals surface area contributed by atoms with E-state index in [-0.39, 0.29) is 17.8 Å². The molecule has 2 nitrogen and oxygen atoms in total. The van der Waals surface area contributed by atoms with Crippen LogP contribution < -0.4 is 4.90 Å². The molecule has 0 radical (unpaired) electrons. The zero-order chi connectivity index (χ0) is 29.5. The Hall–Kier alpha value is -3.24. The van der Waals surface area contributed by atoms with E-state index in [1.807, 2.05) is 58.0 Å². The number of hydrogen-bond acceptors (Lipinski definition) is 2. The number of aryl methyl sites for hydroxylation is 1. The summed E-state index contributed by atoms with van der Waals surface area (Å²) in [5.74, 6) is -3.07. The van der Waals surface area contributed by atoms with Crippen molar-refractivity contribution in [1.82, 2.24) is 0 Å². The lowest BCUT2D eigenvalue weighted by atomic mass is 9.93. The molecule has 1 unspecified atom stereocenters. The molecule has 4 heteroatoms. The number of benzene rings is 3. The molecule has 3 aromatic carbocycles. The molecule has 38 heavy (non-hydrogen) atoms. The fraction of sp³-hybridized carbons (Fsp3) is 0.353. The lowest BCUT2D eigenvalue weighted by molar-refractivity contribution is 0.0176. The molecule has 0 saturated heterocycles. The van der Waals surface area contributed by atoms with Gasteiger partial charge in [-0.3, -0.25) is 0 Å². The molecule has 0 aliphatic heterocycles. The Labute approximate surface area is 230 Å². The van der Waals surface area contributed by atoms with Crippen molar-refractivity contribution in [1.29, 1.82) is 0 Å². The lowest BCUT2D eigenvalue weighted by Gasteiger charge is -2.32. The first-order chi connectivity index (χ1) is 18.1. The van der Waals surface area contributed by atoms with Crippen LogP contribution in [0, 0.1) is 6.92 Å². The minimum absolute atomic E-state index is 0.140. The molecule has 0 spiro atoms. The van der Waals surface area contributed by atoms with E-state index in [0.717, 1.165) is 39.9 Å². The average Bonchev–Trinajstić information content (AvgIpc) is 2.92. The van der Waals surface area contributed by atoms with Gasteiger partial charge in [0.1, 0.15) is 6.23 Å². The van der Waals surface area contributed by atoms with E-state index >= 15 is 0 Å². The van der Waals surface area contributed by atoms with Gasteiger partial charge in [-0.1, -0.05) is 116 Å². The molecule has 0 heterocycles. The predicted molar refractivity (Wildman–Crippen MR) is 166 cm³/mol. The van der Waals surface area contributed by atoms with Crippen LogP contribution in [0.1, 0.15) is 82.7 Å². The molecule has 1 atom stereocenters. The van der Waals surface area contributed by atoms with Crippen molar-refractivity contribution >= 4 is 28.6 Å². The van der Waals surface area contributed by atoms with Crippen molar-refractivity contribution in [3.05, 3.63) is 102 Å². The quantitative estimate of drug-likeness (QED) is 0.234. The molecular formula is C34H47F2NO. The molecule has 0 bridgehead atoms. The van der Waals surface area contributed by atoms with Crippen LogP contribution in [0.2, 0.25) is 0 Å². The predicted octanol–water partition coefficient (Wildman–Crippen LogP) is 10.5. The molecule has 3 rings (SSSR count). The topological polar surface area (TPSA) is 23.5 Å². The molecule has 0 aliphatic carbocycles. The van der Waals surface area contributed by atoms with Gasteiger partial charge in [-0.2, -0.15) is 0 Å². The van der Waals surface area contributed by atoms with E-state index in [4.69, 9.17) is 0 Å². The van der Waals surface area contributed by atoms with Crippen LogP contribution >= 0.6 is 0 Å². The molecule has 0 aliphatic rings. The largest absolute Gasteiger partial charge is 0.370 e. The Kier molecular flexibility index (Phi) is 15.8. The summed E-state index contributed by atoms with van der Waals surface area (Å²) in [5.41, 5.74) is 3.45. The summed E-state index contributed by atoms with van der Waals surface area (Å²) in [5, 5.41) is 12.7. The second-order valence-corrected chi connectivity index (χ2v) is 8.39. The van der Waals surface area contributed by atoms with Crippen LogP contribution in [-0.4, -0.2) is 11.3 Å². The number of halogens is 2. The highest BCUT2D eigenvalue weighted by atomic mass is 19.3. The van der Waals surface area contributed by atoms with Gasteiger partial charge < -0.3 is 10.0 Å². The van der Waals surface area contributed by atoms with Gasteiger partial charge in [0.05, 0.1) is 0 Å². The van der Waals surface area contributed by atoms with E-state index in [9.17, 15) is 13.9 Å². The number of aliphatic hydroxyl groups is 1. The van der Waals surface area contributed by atoms with Crippen LogP contribution in [-0.2, 0) is 12.5 Å². The second-order valence-electron chi connectivity index (χ2n) is 8.39. The van der Waals surface area contributed by atoms with Crippen molar-refractivity contribution in [2.24, 2.45) is 0 Å². The number of hydrogen-bond donors (Lipinski definition) is 1. The van der Waals surface area contributed by atoms with E-state index in [1.54, 1.807) is 31.2 Å². The Morgan fingerprint density at radius 1 is 0.921 bits per heavy atom. The number of anilines is 1. The molecule has 0 saturated carbocycles.